The van der Waals surface area contributed by atoms with Crippen molar-refractivity contribution in [2.75, 3.05) is 0 Å². The van der Waals surface area contributed by atoms with E-state index in [0.717, 1.165) is 0 Å². The lowest BCUT2D eigenvalue weighted by Gasteiger charge is -2.31. The molecule has 9 nitrogen and oxygen atoms in total. The van der Waals surface area contributed by atoms with Gasteiger partial charge >= 0.3 is 29.3 Å². The normalized spacial score (nSPS) is 20.8. The van der Waals surface area contributed by atoms with E-state index in [2.05, 4.69) is 22.9 Å². The van der Waals surface area contributed by atoms with E-state index >= 15 is 0 Å². The van der Waals surface area contributed by atoms with Crippen LogP contribution < -0.4 is 0 Å². The van der Waals surface area contributed by atoms with E-state index < -0.39 is 29.3 Å². The van der Waals surface area contributed by atoms with Crippen LogP contribution in [0.3, 0.4) is 0 Å². The summed E-state index contributed by atoms with van der Waals surface area (Å²) in [4.78, 5) is 0. The largest absolute Gasteiger partial charge is 0.612 e. The Morgan fingerprint density at radius 2 is 0.923 bits per heavy atom. The Morgan fingerprint density at radius 1 is 0.615 bits per heavy atom. The van der Waals surface area contributed by atoms with Gasteiger partial charge in [-0.25, -0.2) is 0 Å². The summed E-state index contributed by atoms with van der Waals surface area (Å²) < 4.78 is 22.6. The second-order valence-electron chi connectivity index (χ2n) is 1.87. The molecule has 2 aliphatic rings. The molecule has 0 aromatic rings. The molecule has 0 aromatic carbocycles. The fourth-order valence-corrected chi connectivity index (χ4v) is 0.728. The van der Waals surface area contributed by atoms with Gasteiger partial charge in [-0.05, 0) is 0 Å². The number of hydrogen-bond donors (Lipinski definition) is 2. The summed E-state index contributed by atoms with van der Waals surface area (Å²) in [6.45, 7) is 0. The Labute approximate surface area is 74.2 Å². The molecule has 0 aliphatic carbocycles. The second kappa shape index (κ2) is 4.95. The SMILES string of the molecule is O.O.OB1OB2OB(O)OB(O1)O2. The van der Waals surface area contributed by atoms with E-state index in [-0.39, 0.29) is 11.0 Å². The smallest absolute Gasteiger partial charge is 0.412 e. The molecule has 2 aliphatic heterocycles. The molecule has 0 spiro atoms. The van der Waals surface area contributed by atoms with Gasteiger partial charge in [-0.3, -0.25) is 0 Å². The van der Waals surface area contributed by atoms with Crippen LogP contribution in [0.1, 0.15) is 0 Å². The average Bonchev–Trinajstić information content (AvgIpc) is 1.82. The van der Waals surface area contributed by atoms with Crippen molar-refractivity contribution in [2.45, 2.75) is 0 Å². The molecule has 0 radical (unpaired) electrons. The van der Waals surface area contributed by atoms with Gasteiger partial charge < -0.3 is 43.9 Å². The Balaban J connectivity index is 0.000000720. The van der Waals surface area contributed by atoms with Gasteiger partial charge in [0.25, 0.3) is 0 Å². The van der Waals surface area contributed by atoms with Crippen molar-refractivity contribution in [1.29, 1.82) is 0 Å². The Bertz CT molecular complexity index is 117. The maximum absolute atomic E-state index is 8.74. The first-order chi connectivity index (χ1) is 5.24. The zero-order valence-electron chi connectivity index (χ0n) is 6.25. The summed E-state index contributed by atoms with van der Waals surface area (Å²) in [6, 6.07) is 0. The van der Waals surface area contributed by atoms with E-state index in [9.17, 15) is 0 Å². The van der Waals surface area contributed by atoms with E-state index in [0.29, 0.717) is 0 Å². The lowest BCUT2D eigenvalue weighted by atomic mass is 9.90. The molecule has 13 heavy (non-hydrogen) atoms. The van der Waals surface area contributed by atoms with Crippen LogP contribution in [0, 0.1) is 0 Å². The van der Waals surface area contributed by atoms with Gasteiger partial charge in [-0.15, -0.1) is 0 Å². The first kappa shape index (κ1) is 12.9. The van der Waals surface area contributed by atoms with E-state index in [4.69, 9.17) is 10.0 Å². The molecule has 2 saturated heterocycles. The van der Waals surface area contributed by atoms with Crippen molar-refractivity contribution in [3.05, 3.63) is 0 Å². The van der Waals surface area contributed by atoms with E-state index in [1.54, 1.807) is 0 Å². The molecule has 6 N–H and O–H groups in total. The number of fused-ring (bicyclic) bond motifs is 2. The molecule has 13 heteroatoms. The predicted octanol–water partition coefficient (Wildman–Crippen LogP) is -4.63. The quantitative estimate of drug-likeness (QED) is 0.367. The Hall–Kier alpha value is -0.100. The highest BCUT2D eigenvalue weighted by atomic mass is 16.9. The van der Waals surface area contributed by atoms with Crippen molar-refractivity contribution in [2.24, 2.45) is 0 Å². The fourth-order valence-electron chi connectivity index (χ4n) is 0.728. The zero-order chi connectivity index (χ0) is 7.84. The third-order valence-corrected chi connectivity index (χ3v) is 1.13. The van der Waals surface area contributed by atoms with Gasteiger partial charge in [0.15, 0.2) is 0 Å². The third kappa shape index (κ3) is 2.95. The lowest BCUT2D eigenvalue weighted by molar-refractivity contribution is 0.0834. The molecule has 0 aromatic heterocycles. The summed E-state index contributed by atoms with van der Waals surface area (Å²) in [5, 5.41) is 17.5. The predicted molar refractivity (Wildman–Crippen MR) is 40.1 cm³/mol. The summed E-state index contributed by atoms with van der Waals surface area (Å²) in [5.74, 6) is 0. The molecule has 2 rings (SSSR count). The monoisotopic (exact) mass is 194 g/mol. The number of rotatable bonds is 0. The van der Waals surface area contributed by atoms with Crippen LogP contribution in [0.25, 0.3) is 0 Å². The first-order valence-corrected chi connectivity index (χ1v) is 2.87. The molecule has 0 unspecified atom stereocenters. The molecule has 2 heterocycles. The van der Waals surface area contributed by atoms with Crippen LogP contribution in [0.4, 0.5) is 0 Å². The van der Waals surface area contributed by atoms with Crippen LogP contribution in [0.15, 0.2) is 0 Å². The van der Waals surface area contributed by atoms with Crippen LogP contribution in [-0.2, 0) is 22.9 Å². The van der Waals surface area contributed by atoms with Crippen molar-refractivity contribution >= 4 is 29.3 Å². The van der Waals surface area contributed by atoms with Crippen molar-refractivity contribution < 1.29 is 43.9 Å². The minimum atomic E-state index is -1.45. The maximum Gasteiger partial charge on any atom is 0.612 e. The molecule has 72 valence electrons. The standard InChI is InChI=1S/B4H2O7.2H2O/c5-1-7-3-9-2(6)10-4(8-1)11-3;;/h5-6H;2*1H2. The molecule has 2 fully saturated rings. The zero-order valence-corrected chi connectivity index (χ0v) is 6.25. The highest BCUT2D eigenvalue weighted by molar-refractivity contribution is 6.74. The van der Waals surface area contributed by atoms with Gasteiger partial charge in [-0.1, -0.05) is 0 Å². The molecule has 0 atom stereocenters. The Kier molecular flexibility index (Phi) is 4.91. The Morgan fingerprint density at radius 3 is 1.23 bits per heavy atom. The second-order valence-corrected chi connectivity index (χ2v) is 1.87. The highest BCUT2D eigenvalue weighted by Gasteiger charge is 2.52. The van der Waals surface area contributed by atoms with Crippen molar-refractivity contribution in [1.82, 2.24) is 0 Å². The van der Waals surface area contributed by atoms with Gasteiger partial charge in [-0.2, -0.15) is 0 Å². The molecule has 0 amide bonds. The van der Waals surface area contributed by atoms with Crippen LogP contribution in [0.5, 0.6) is 0 Å². The van der Waals surface area contributed by atoms with E-state index in [1.165, 1.54) is 0 Å². The van der Waals surface area contributed by atoms with Gasteiger partial charge in [0.1, 0.15) is 0 Å². The minimum Gasteiger partial charge on any atom is -0.412 e. The lowest BCUT2D eigenvalue weighted by Crippen LogP contribution is -2.59. The summed E-state index contributed by atoms with van der Waals surface area (Å²) in [6.07, 6.45) is 0. The van der Waals surface area contributed by atoms with Crippen LogP contribution >= 0.6 is 0 Å². The highest BCUT2D eigenvalue weighted by Crippen LogP contribution is 2.14. The van der Waals surface area contributed by atoms with Crippen molar-refractivity contribution in [3.8, 4) is 0 Å². The molecule has 0 saturated carbocycles. The fraction of sp³-hybridized carbons (Fsp3) is 0. The van der Waals surface area contributed by atoms with Crippen molar-refractivity contribution in [3.63, 3.8) is 0 Å². The average molecular weight is 193 g/mol. The van der Waals surface area contributed by atoms with Gasteiger partial charge in [0.05, 0.1) is 0 Å². The minimum absolute atomic E-state index is 0. The van der Waals surface area contributed by atoms with E-state index in [1.807, 2.05) is 0 Å². The third-order valence-electron chi connectivity index (χ3n) is 1.13. The molecule has 2 bridgehead atoms. The van der Waals surface area contributed by atoms with Crippen LogP contribution in [-0.4, -0.2) is 50.3 Å². The van der Waals surface area contributed by atoms with Gasteiger partial charge in [0.2, 0.25) is 0 Å². The number of hydrogen-bond acceptors (Lipinski definition) is 7. The summed E-state index contributed by atoms with van der Waals surface area (Å²) >= 11 is 0. The van der Waals surface area contributed by atoms with Gasteiger partial charge in [0, 0.05) is 0 Å². The molecular weight excluding hydrogens is 187 g/mol. The maximum atomic E-state index is 8.74. The summed E-state index contributed by atoms with van der Waals surface area (Å²) in [5.41, 5.74) is 0. The topological polar surface area (TPSA) is 150 Å². The molecular formula is H6B4O9. The first-order valence-electron chi connectivity index (χ1n) is 2.87. The van der Waals surface area contributed by atoms with Crippen LogP contribution in [0.2, 0.25) is 0 Å². The summed E-state index contributed by atoms with van der Waals surface area (Å²) in [7, 11) is -5.20.